The Labute approximate surface area is 241 Å². The van der Waals surface area contributed by atoms with Crippen LogP contribution >= 0.6 is 18.5 Å². The monoisotopic (exact) mass is 649 g/mol. The van der Waals surface area contributed by atoms with E-state index in [4.69, 9.17) is 37.1 Å². The number of halogens is 2. The molecule has 2 fully saturated rings. The van der Waals surface area contributed by atoms with Crippen molar-refractivity contribution in [2.75, 3.05) is 24.7 Å². The molecule has 0 radical (unpaired) electrons. The third-order valence-corrected chi connectivity index (χ3v) is 9.72. The van der Waals surface area contributed by atoms with Crippen LogP contribution in [0.3, 0.4) is 0 Å². The number of aromatic amines is 1. The molecule has 8 N–H and O–H groups in total. The summed E-state index contributed by atoms with van der Waals surface area (Å²) in [6, 6.07) is 0. The molecule has 6 rings (SSSR count). The third kappa shape index (κ3) is 5.01. The van der Waals surface area contributed by atoms with Gasteiger partial charge in [0.1, 0.15) is 41.7 Å². The van der Waals surface area contributed by atoms with Gasteiger partial charge in [-0.25, -0.2) is 28.4 Å². The molecule has 2 aliphatic heterocycles. The number of aliphatic hydroxyl groups excluding tert-OH is 2. The Morgan fingerprint density at radius 3 is 2.76 bits per heavy atom. The average molecular weight is 650 g/mol. The minimum atomic E-state index is -4.30. The fourth-order valence-corrected chi connectivity index (χ4v) is 7.52. The lowest BCUT2D eigenvalue weighted by Gasteiger charge is -2.26. The molecule has 18 nitrogen and oxygen atoms in total. The highest BCUT2D eigenvalue weighted by Gasteiger charge is 2.51. The van der Waals surface area contributed by atoms with E-state index in [2.05, 4.69) is 35.2 Å². The zero-order chi connectivity index (χ0) is 29.9. The maximum absolute atomic E-state index is 15.4. The number of hydrogen-bond donors (Lipinski definition) is 6. The summed E-state index contributed by atoms with van der Waals surface area (Å²) < 4.78 is 49.3. The van der Waals surface area contributed by atoms with Crippen molar-refractivity contribution in [3.8, 4) is 0 Å². The molecule has 42 heavy (non-hydrogen) atoms. The number of H-pyrrole nitrogens is 1. The van der Waals surface area contributed by atoms with Crippen LogP contribution in [-0.2, 0) is 25.6 Å². The van der Waals surface area contributed by atoms with Gasteiger partial charge in [-0.15, -0.1) is 16.9 Å². The fourth-order valence-electron chi connectivity index (χ4n) is 4.65. The number of aromatic nitrogens is 9. The second kappa shape index (κ2) is 11.0. The number of nitrogens with zero attached hydrogens (tertiary/aromatic N) is 8. The number of rotatable bonds is 8. The minimum Gasteiger partial charge on any atom is -0.395 e. The molecule has 6 heterocycles. The van der Waals surface area contributed by atoms with Crippen LogP contribution in [0.1, 0.15) is 11.6 Å². The van der Waals surface area contributed by atoms with Gasteiger partial charge in [0.05, 0.1) is 24.8 Å². The van der Waals surface area contributed by atoms with Crippen LogP contribution in [0.15, 0.2) is 17.4 Å². The number of nitrogen functional groups attached to an aromatic ring is 2. The summed E-state index contributed by atoms with van der Waals surface area (Å²) in [6.07, 6.45) is -7.48. The first kappa shape index (κ1) is 29.1. The normalized spacial score (nSPS) is 31.3. The number of anilines is 2. The van der Waals surface area contributed by atoms with Crippen LogP contribution in [0.4, 0.5) is 20.5 Å². The molecule has 2 aliphatic rings. The number of alkyl halides is 2. The van der Waals surface area contributed by atoms with E-state index >= 15 is 8.78 Å². The Bertz CT molecular complexity index is 1750. The fraction of sp³-hybridized carbons (Fsp3) is 0.526. The Hall–Kier alpha value is -2.95. The smallest absolute Gasteiger partial charge is 0.325 e. The molecule has 2 unspecified atom stereocenters. The summed E-state index contributed by atoms with van der Waals surface area (Å²) in [7, 11) is 0. The van der Waals surface area contributed by atoms with E-state index in [0.29, 0.717) is 0 Å². The molecule has 0 bridgehead atoms. The Balaban J connectivity index is 1.19. The third-order valence-electron chi connectivity index (χ3n) is 6.65. The van der Waals surface area contributed by atoms with Crippen LogP contribution in [-0.4, -0.2) is 109 Å². The maximum atomic E-state index is 15.4. The number of nitrogens with two attached hydrogens (primary N) is 2. The first-order valence-corrected chi connectivity index (χ1v) is 15.6. The van der Waals surface area contributed by atoms with Crippen molar-refractivity contribution in [1.82, 2.24) is 44.5 Å². The standard InChI is InChI=1S/C19H22F2N11O7PS2/c20-7-6(1-33)42-18(32-15-10(29-30-32)16(35)28-19(23)27-15)12(7)39-40(36,41)37-2-5-11(34)8(21)17(38-5)31-4-26-9-13(22)24-3-25-14(9)31/h3-8,11-12,17-18,33-34H,1-2H2,(H,36,41)(H2,22,24,25)(H3,23,27,28,35)/t5-,6-,7-,8+,11-,12-,17?,18-,40?/m1/s1. The van der Waals surface area contributed by atoms with Gasteiger partial charge in [-0.2, -0.15) is 4.98 Å². The average Bonchev–Trinajstić information content (AvgIpc) is 3.69. The van der Waals surface area contributed by atoms with Gasteiger partial charge in [0, 0.05) is 0 Å². The van der Waals surface area contributed by atoms with Gasteiger partial charge in [0.25, 0.3) is 5.56 Å². The van der Waals surface area contributed by atoms with E-state index in [-0.39, 0.29) is 34.1 Å². The molecular weight excluding hydrogens is 627 g/mol. The molecule has 9 atom stereocenters. The van der Waals surface area contributed by atoms with Gasteiger partial charge < -0.3 is 35.8 Å². The van der Waals surface area contributed by atoms with E-state index in [1.807, 2.05) is 0 Å². The molecule has 4 aromatic rings. The Morgan fingerprint density at radius 1 is 1.21 bits per heavy atom. The van der Waals surface area contributed by atoms with Crippen molar-refractivity contribution in [3.05, 3.63) is 23.0 Å². The first-order valence-electron chi connectivity index (χ1n) is 12.1. The van der Waals surface area contributed by atoms with Crippen molar-refractivity contribution in [3.63, 3.8) is 0 Å². The molecular formula is C19H22F2N11O7PS2. The number of fused-ring (bicyclic) bond motifs is 2. The molecule has 226 valence electrons. The number of imidazole rings is 1. The van der Waals surface area contributed by atoms with Crippen molar-refractivity contribution in [2.45, 2.75) is 47.5 Å². The largest absolute Gasteiger partial charge is 0.395 e. The second-order valence-corrected chi connectivity index (χ2v) is 13.4. The van der Waals surface area contributed by atoms with Crippen molar-refractivity contribution in [2.24, 2.45) is 0 Å². The van der Waals surface area contributed by atoms with Gasteiger partial charge in [-0.1, -0.05) is 5.21 Å². The zero-order valence-electron chi connectivity index (χ0n) is 20.9. The maximum Gasteiger partial charge on any atom is 0.325 e. The summed E-state index contributed by atoms with van der Waals surface area (Å²) in [5.74, 6) is -0.185. The van der Waals surface area contributed by atoms with Crippen LogP contribution < -0.4 is 17.0 Å². The zero-order valence-corrected chi connectivity index (χ0v) is 23.4. The van der Waals surface area contributed by atoms with Gasteiger partial charge in [0.2, 0.25) is 5.95 Å². The predicted octanol–water partition coefficient (Wildman–Crippen LogP) is -1.32. The molecule has 2 saturated heterocycles. The van der Waals surface area contributed by atoms with Gasteiger partial charge in [-0.05, 0) is 11.8 Å². The predicted molar refractivity (Wildman–Crippen MR) is 145 cm³/mol. The Morgan fingerprint density at radius 2 is 2.00 bits per heavy atom. The highest BCUT2D eigenvalue weighted by Crippen LogP contribution is 2.54. The lowest BCUT2D eigenvalue weighted by molar-refractivity contribution is -0.0461. The molecule has 0 aliphatic carbocycles. The molecule has 0 spiro atoms. The van der Waals surface area contributed by atoms with Crippen LogP contribution in [0.2, 0.25) is 0 Å². The van der Waals surface area contributed by atoms with Crippen LogP contribution in [0.25, 0.3) is 22.3 Å². The number of aliphatic hydroxyl groups is 2. The lowest BCUT2D eigenvalue weighted by atomic mass is 10.1. The highest BCUT2D eigenvalue weighted by molar-refractivity contribution is 8.07. The van der Waals surface area contributed by atoms with E-state index in [1.165, 1.54) is 10.9 Å². The van der Waals surface area contributed by atoms with Crippen molar-refractivity contribution in [1.29, 1.82) is 0 Å². The van der Waals surface area contributed by atoms with Crippen molar-refractivity contribution < 1.29 is 37.7 Å². The lowest BCUT2D eigenvalue weighted by Crippen LogP contribution is -2.33. The summed E-state index contributed by atoms with van der Waals surface area (Å²) in [4.78, 5) is 41.2. The van der Waals surface area contributed by atoms with Gasteiger partial charge in [-0.3, -0.25) is 18.9 Å². The molecule has 0 aromatic carbocycles. The topological polar surface area (TPSA) is 260 Å². The van der Waals surface area contributed by atoms with Crippen LogP contribution in [0.5, 0.6) is 0 Å². The van der Waals surface area contributed by atoms with E-state index in [1.54, 1.807) is 0 Å². The molecule has 4 aromatic heterocycles. The van der Waals surface area contributed by atoms with Gasteiger partial charge in [0.15, 0.2) is 35.0 Å². The molecule has 0 amide bonds. The van der Waals surface area contributed by atoms with E-state index < -0.39 is 73.0 Å². The molecule has 23 heteroatoms. The number of ether oxygens (including phenoxy) is 1. The first-order chi connectivity index (χ1) is 20.0. The van der Waals surface area contributed by atoms with Crippen molar-refractivity contribution >= 4 is 64.4 Å². The van der Waals surface area contributed by atoms with E-state index in [0.717, 1.165) is 22.8 Å². The van der Waals surface area contributed by atoms with Crippen LogP contribution in [0, 0.1) is 0 Å². The SMILES string of the molecule is Nc1nc2c(nnn2[C@@H]2S[C@H](CO)[C@@H](F)[C@H]2OP(O)(=S)OC[C@H]2OC(n3cnc4c(N)ncnc43)[C@@H](F)[C@@H]2O)c(=O)[nH]1. The number of nitrogens with one attached hydrogen (secondary N) is 1. The van der Waals surface area contributed by atoms with E-state index in [9.17, 15) is 19.9 Å². The summed E-state index contributed by atoms with van der Waals surface area (Å²) in [5.41, 5.74) is 10.8. The van der Waals surface area contributed by atoms with Gasteiger partial charge >= 0.3 is 6.72 Å². The molecule has 0 saturated carbocycles. The minimum absolute atomic E-state index is 0.0635. The summed E-state index contributed by atoms with van der Waals surface area (Å²) in [6.45, 7) is -5.55. The highest BCUT2D eigenvalue weighted by atomic mass is 32.5. The Kier molecular flexibility index (Phi) is 7.60. The second-order valence-electron chi connectivity index (χ2n) is 9.27. The number of hydrogen-bond acceptors (Lipinski definition) is 16. The quantitative estimate of drug-likeness (QED) is 0.121. The summed E-state index contributed by atoms with van der Waals surface area (Å²) in [5, 5.41) is 25.6. The number of thioether (sulfide) groups is 1. The summed E-state index contributed by atoms with van der Waals surface area (Å²) >= 11 is 5.96.